The summed E-state index contributed by atoms with van der Waals surface area (Å²) in [6, 6.07) is 5.18. The van der Waals surface area contributed by atoms with Crippen LogP contribution in [0.4, 0.5) is 0 Å². The summed E-state index contributed by atoms with van der Waals surface area (Å²) in [5.74, 6) is -0.351. The highest BCUT2D eigenvalue weighted by atomic mass is 32.1. The summed E-state index contributed by atoms with van der Waals surface area (Å²) in [6.07, 6.45) is 1.71. The lowest BCUT2D eigenvalue weighted by molar-refractivity contribution is -0.139. The number of carbonyl (C=O) groups excluding carboxylic acids is 2. The molecule has 166 valence electrons. The summed E-state index contributed by atoms with van der Waals surface area (Å²) < 4.78 is 5.52. The first kappa shape index (κ1) is 23.1. The minimum atomic E-state index is -0.618. The predicted octanol–water partition coefficient (Wildman–Crippen LogP) is 5.72. The zero-order valence-electron chi connectivity index (χ0n) is 19.1. The molecule has 6 heteroatoms. The van der Waals surface area contributed by atoms with Crippen LogP contribution in [0, 0.1) is 13.8 Å². The second kappa shape index (κ2) is 9.27. The molecule has 0 radical (unpaired) electrons. The van der Waals surface area contributed by atoms with Crippen molar-refractivity contribution in [3.8, 4) is 5.75 Å². The van der Waals surface area contributed by atoms with E-state index in [9.17, 15) is 14.7 Å². The Kier molecular flexibility index (Phi) is 6.90. The van der Waals surface area contributed by atoms with Gasteiger partial charge in [0, 0.05) is 17.0 Å². The Morgan fingerprint density at radius 2 is 1.94 bits per heavy atom. The van der Waals surface area contributed by atoms with Crippen LogP contribution >= 0.6 is 11.3 Å². The Morgan fingerprint density at radius 1 is 1.23 bits per heavy atom. The van der Waals surface area contributed by atoms with Gasteiger partial charge in [-0.1, -0.05) is 27.2 Å². The van der Waals surface area contributed by atoms with Gasteiger partial charge in [0.1, 0.15) is 11.5 Å². The fraction of sp³-hybridized carbons (Fsp3) is 0.440. The number of benzene rings is 1. The number of methoxy groups -OCH3 is 1. The summed E-state index contributed by atoms with van der Waals surface area (Å²) in [4.78, 5) is 28.6. The van der Waals surface area contributed by atoms with Crippen molar-refractivity contribution in [3.05, 3.63) is 56.3 Å². The number of unbranched alkanes of at least 4 members (excludes halogenated alkanes) is 1. The number of thiophene rings is 1. The van der Waals surface area contributed by atoms with Crippen molar-refractivity contribution in [2.75, 3.05) is 13.7 Å². The number of ketones is 1. The third-order valence-corrected chi connectivity index (χ3v) is 6.97. The van der Waals surface area contributed by atoms with E-state index >= 15 is 0 Å². The van der Waals surface area contributed by atoms with Gasteiger partial charge >= 0.3 is 0 Å². The summed E-state index contributed by atoms with van der Waals surface area (Å²) in [6.45, 7) is 10.5. The normalized spacial score (nSPS) is 18.3. The zero-order valence-corrected chi connectivity index (χ0v) is 19.9. The number of Topliss-reactive ketones (excluding diaryl/α,β-unsaturated/α-hetero) is 1. The molecule has 1 aromatic heterocycles. The van der Waals surface area contributed by atoms with Crippen molar-refractivity contribution in [1.82, 2.24) is 4.90 Å². The molecule has 0 bridgehead atoms. The van der Waals surface area contributed by atoms with Gasteiger partial charge in [-0.3, -0.25) is 9.59 Å². The second-order valence-electron chi connectivity index (χ2n) is 8.38. The van der Waals surface area contributed by atoms with Gasteiger partial charge in [0.25, 0.3) is 11.7 Å². The third-order valence-electron chi connectivity index (χ3n) is 5.90. The van der Waals surface area contributed by atoms with Gasteiger partial charge in [0.15, 0.2) is 0 Å². The van der Waals surface area contributed by atoms with E-state index in [0.29, 0.717) is 12.1 Å². The summed E-state index contributed by atoms with van der Waals surface area (Å²) in [5, 5.41) is 13.4. The number of amides is 1. The Bertz CT molecular complexity index is 1030. The molecule has 2 aromatic rings. The van der Waals surface area contributed by atoms with Crippen molar-refractivity contribution in [2.45, 2.75) is 59.4 Å². The molecular weight excluding hydrogens is 410 g/mol. The first-order valence-electron chi connectivity index (χ1n) is 10.7. The highest BCUT2D eigenvalue weighted by Gasteiger charge is 2.46. The number of aryl methyl sites for hydroxylation is 2. The molecule has 1 aliphatic heterocycles. The molecular formula is C25H31NO4S. The molecule has 1 unspecified atom stereocenters. The highest BCUT2D eigenvalue weighted by molar-refractivity contribution is 7.10. The lowest BCUT2D eigenvalue weighted by Crippen LogP contribution is -2.30. The summed E-state index contributed by atoms with van der Waals surface area (Å²) in [7, 11) is 1.62. The number of likely N-dealkylation sites (tertiary alicyclic amines) is 1. The Hall–Kier alpha value is -2.60. The second-order valence-corrected chi connectivity index (χ2v) is 9.33. The molecule has 0 aliphatic carbocycles. The first-order valence-corrected chi connectivity index (χ1v) is 11.6. The minimum Gasteiger partial charge on any atom is -0.507 e. The molecule has 1 amide bonds. The third kappa shape index (κ3) is 4.13. The quantitative estimate of drug-likeness (QED) is 0.339. The maximum atomic E-state index is 13.1. The molecule has 1 aliphatic rings. The van der Waals surface area contributed by atoms with Gasteiger partial charge in [0.2, 0.25) is 0 Å². The number of ether oxygens (including phenoxy) is 1. The zero-order chi connectivity index (χ0) is 22.9. The molecule has 1 aromatic carbocycles. The van der Waals surface area contributed by atoms with Crippen LogP contribution in [0.3, 0.4) is 0 Å². The summed E-state index contributed by atoms with van der Waals surface area (Å²) >= 11 is 1.51. The Balaban J connectivity index is 2.24. The van der Waals surface area contributed by atoms with Gasteiger partial charge in [-0.15, -0.1) is 11.3 Å². The Morgan fingerprint density at radius 3 is 2.48 bits per heavy atom. The molecule has 5 nitrogen and oxygen atoms in total. The van der Waals surface area contributed by atoms with Gasteiger partial charge in [-0.2, -0.15) is 0 Å². The van der Waals surface area contributed by atoms with Crippen molar-refractivity contribution in [2.24, 2.45) is 0 Å². The Labute approximate surface area is 188 Å². The number of aliphatic hydroxyl groups is 1. The predicted molar refractivity (Wildman–Crippen MR) is 125 cm³/mol. The molecule has 1 saturated heterocycles. The van der Waals surface area contributed by atoms with Crippen LogP contribution in [0.5, 0.6) is 5.75 Å². The molecule has 31 heavy (non-hydrogen) atoms. The molecule has 3 rings (SSSR count). The van der Waals surface area contributed by atoms with Crippen molar-refractivity contribution in [1.29, 1.82) is 0 Å². The van der Waals surface area contributed by atoms with Crippen molar-refractivity contribution < 1.29 is 19.4 Å². The smallest absolute Gasteiger partial charge is 0.295 e. The van der Waals surface area contributed by atoms with E-state index in [2.05, 4.69) is 20.8 Å². The van der Waals surface area contributed by atoms with Gasteiger partial charge in [-0.05, 0) is 66.5 Å². The lowest BCUT2D eigenvalue weighted by Gasteiger charge is -2.25. The fourth-order valence-electron chi connectivity index (χ4n) is 4.10. The molecule has 0 spiro atoms. The van der Waals surface area contributed by atoms with Gasteiger partial charge < -0.3 is 14.7 Å². The van der Waals surface area contributed by atoms with Crippen LogP contribution in [0.1, 0.15) is 72.7 Å². The molecule has 1 N–H and O–H groups in total. The topological polar surface area (TPSA) is 66.8 Å². The van der Waals surface area contributed by atoms with E-state index in [0.717, 1.165) is 40.2 Å². The highest BCUT2D eigenvalue weighted by Crippen LogP contribution is 2.43. The van der Waals surface area contributed by atoms with Crippen LogP contribution in [0.25, 0.3) is 5.76 Å². The van der Waals surface area contributed by atoms with E-state index in [1.807, 2.05) is 37.4 Å². The summed E-state index contributed by atoms with van der Waals surface area (Å²) in [5.41, 5.74) is 3.49. The number of carbonyl (C=O) groups is 2. The van der Waals surface area contributed by atoms with E-state index in [4.69, 9.17) is 4.74 Å². The van der Waals surface area contributed by atoms with Crippen molar-refractivity contribution in [3.63, 3.8) is 0 Å². The van der Waals surface area contributed by atoms with E-state index in [1.165, 1.54) is 11.3 Å². The standard InChI is InChI=1S/C25H31NO4S/c1-7-8-10-26-21(24-15(4)9-11-31-24)20(23(28)25(26)29)22(27)18-13-17(14(2)3)19(30-6)12-16(18)5/h9,11-14,21,27H,7-8,10H2,1-6H3/b22-20+. The lowest BCUT2D eigenvalue weighted by atomic mass is 9.92. The average Bonchev–Trinajstić information content (AvgIpc) is 3.26. The molecule has 2 heterocycles. The first-order chi connectivity index (χ1) is 14.7. The molecule has 1 fully saturated rings. The molecule has 1 atom stereocenters. The van der Waals surface area contributed by atoms with Crippen LogP contribution < -0.4 is 4.74 Å². The maximum Gasteiger partial charge on any atom is 0.295 e. The van der Waals surface area contributed by atoms with Crippen LogP contribution in [-0.2, 0) is 9.59 Å². The SMILES string of the molecule is CCCCN1C(=O)C(=O)/C(=C(/O)c2cc(C(C)C)c(OC)cc2C)C1c1sccc1C. The van der Waals surface area contributed by atoms with Gasteiger partial charge in [0.05, 0.1) is 18.7 Å². The maximum absolute atomic E-state index is 13.1. The average molecular weight is 442 g/mol. The number of hydrogen-bond acceptors (Lipinski definition) is 5. The van der Waals surface area contributed by atoms with Crippen LogP contribution in [0.2, 0.25) is 0 Å². The monoisotopic (exact) mass is 441 g/mol. The molecule has 0 saturated carbocycles. The number of aliphatic hydroxyl groups excluding tert-OH is 1. The largest absolute Gasteiger partial charge is 0.507 e. The van der Waals surface area contributed by atoms with E-state index in [-0.39, 0.29) is 17.3 Å². The number of hydrogen-bond donors (Lipinski definition) is 1. The van der Waals surface area contributed by atoms with Crippen LogP contribution in [-0.4, -0.2) is 35.4 Å². The number of nitrogens with zero attached hydrogens (tertiary/aromatic N) is 1. The van der Waals surface area contributed by atoms with Crippen molar-refractivity contribution >= 4 is 28.8 Å². The van der Waals surface area contributed by atoms with E-state index in [1.54, 1.807) is 12.0 Å². The minimum absolute atomic E-state index is 0.114. The fourth-order valence-corrected chi connectivity index (χ4v) is 5.15. The van der Waals surface area contributed by atoms with Crippen LogP contribution in [0.15, 0.2) is 29.2 Å². The van der Waals surface area contributed by atoms with E-state index < -0.39 is 17.7 Å². The van der Waals surface area contributed by atoms with Gasteiger partial charge in [-0.25, -0.2) is 0 Å². The number of rotatable bonds is 7.